The van der Waals surface area contributed by atoms with E-state index in [1.54, 1.807) is 23.1 Å². The first-order valence-corrected chi connectivity index (χ1v) is 9.75. The number of carbonyl (C=O) groups excluding carboxylic acids is 2. The van der Waals surface area contributed by atoms with Gasteiger partial charge in [-0.15, -0.1) is 0 Å². The summed E-state index contributed by atoms with van der Waals surface area (Å²) in [6, 6.07) is 6.99. The molecule has 8 heteroatoms. The van der Waals surface area contributed by atoms with Crippen LogP contribution in [-0.2, 0) is 20.7 Å². The Morgan fingerprint density at radius 2 is 1.76 bits per heavy atom. The lowest BCUT2D eigenvalue weighted by Gasteiger charge is -2.33. The van der Waals surface area contributed by atoms with Crippen LogP contribution in [0.1, 0.15) is 45.3 Å². The number of nitrogens with zero attached hydrogens (tertiary/aromatic N) is 3. The average Bonchev–Trinajstić information content (AvgIpc) is 2.69. The third-order valence-electron chi connectivity index (χ3n) is 4.91. The van der Waals surface area contributed by atoms with Gasteiger partial charge >= 0.3 is 12.1 Å². The fourth-order valence-electron chi connectivity index (χ4n) is 3.48. The van der Waals surface area contributed by atoms with Crippen LogP contribution in [0.3, 0.4) is 0 Å². The first kappa shape index (κ1) is 20.8. The summed E-state index contributed by atoms with van der Waals surface area (Å²) in [4.78, 5) is 38.8. The molecule has 0 unspecified atom stereocenters. The summed E-state index contributed by atoms with van der Waals surface area (Å²) in [5.74, 6) is -0.410. The molecule has 0 saturated carbocycles. The fourth-order valence-corrected chi connectivity index (χ4v) is 3.48. The lowest BCUT2D eigenvalue weighted by molar-refractivity contribution is -0.139. The number of benzene rings is 1. The molecule has 1 aliphatic heterocycles. The van der Waals surface area contributed by atoms with Gasteiger partial charge in [0, 0.05) is 18.5 Å². The van der Waals surface area contributed by atoms with Gasteiger partial charge in [-0.05, 0) is 39.7 Å². The maximum absolute atomic E-state index is 13.0. The summed E-state index contributed by atoms with van der Waals surface area (Å²) in [5.41, 5.74) is -0.223. The van der Waals surface area contributed by atoms with Crippen LogP contribution in [-0.4, -0.2) is 52.5 Å². The Kier molecular flexibility index (Phi) is 5.91. The maximum Gasteiger partial charge on any atom is 0.410 e. The molecule has 1 aliphatic rings. The molecule has 8 nitrogen and oxygen atoms in total. The van der Waals surface area contributed by atoms with Crippen molar-refractivity contribution in [3.63, 3.8) is 0 Å². The quantitative estimate of drug-likeness (QED) is 0.735. The molecule has 1 aromatic heterocycles. The molecule has 0 atom stereocenters. The Hall–Kier alpha value is -2.90. The van der Waals surface area contributed by atoms with Gasteiger partial charge in [-0.25, -0.2) is 9.48 Å². The first-order chi connectivity index (χ1) is 13.7. The predicted molar refractivity (Wildman–Crippen MR) is 108 cm³/mol. The molecule has 1 amide bonds. The molecule has 3 rings (SSSR count). The van der Waals surface area contributed by atoms with Gasteiger partial charge in [0.25, 0.3) is 5.56 Å². The Balaban J connectivity index is 1.85. The van der Waals surface area contributed by atoms with Gasteiger partial charge in [-0.1, -0.05) is 18.2 Å². The second-order valence-corrected chi connectivity index (χ2v) is 8.19. The number of rotatable bonds is 3. The SMILES string of the molecule is COC(=O)Cc1nn(C2CCN(C(=O)OC(C)(C)C)CC2)c(=O)c2ccccc12. The number of ether oxygens (including phenoxy) is 2. The van der Waals surface area contributed by atoms with Crippen LogP contribution in [0.2, 0.25) is 0 Å². The molecule has 29 heavy (non-hydrogen) atoms. The smallest absolute Gasteiger partial charge is 0.410 e. The van der Waals surface area contributed by atoms with Crippen LogP contribution in [0.15, 0.2) is 29.1 Å². The van der Waals surface area contributed by atoms with Crippen LogP contribution in [0.25, 0.3) is 10.8 Å². The predicted octanol–water partition coefficient (Wildman–Crippen LogP) is 2.68. The van der Waals surface area contributed by atoms with Gasteiger partial charge in [0.15, 0.2) is 0 Å². The number of aromatic nitrogens is 2. The molecule has 1 saturated heterocycles. The minimum absolute atomic E-state index is 0.00591. The molecular weight excluding hydrogens is 374 g/mol. The highest BCUT2D eigenvalue weighted by molar-refractivity contribution is 5.86. The molecule has 0 N–H and O–H groups in total. The zero-order valence-electron chi connectivity index (χ0n) is 17.3. The normalized spacial score (nSPS) is 15.4. The van der Waals surface area contributed by atoms with Crippen molar-refractivity contribution in [1.29, 1.82) is 0 Å². The van der Waals surface area contributed by atoms with Crippen molar-refractivity contribution < 1.29 is 19.1 Å². The van der Waals surface area contributed by atoms with Gasteiger partial charge in [-0.2, -0.15) is 5.10 Å². The molecular formula is C21H27N3O5. The number of piperidine rings is 1. The van der Waals surface area contributed by atoms with Gasteiger partial charge in [0.05, 0.1) is 30.7 Å². The van der Waals surface area contributed by atoms with Crippen molar-refractivity contribution in [1.82, 2.24) is 14.7 Å². The largest absolute Gasteiger partial charge is 0.469 e. The zero-order valence-corrected chi connectivity index (χ0v) is 17.3. The number of amides is 1. The van der Waals surface area contributed by atoms with E-state index in [2.05, 4.69) is 5.10 Å². The molecule has 2 heterocycles. The van der Waals surface area contributed by atoms with Gasteiger partial charge < -0.3 is 14.4 Å². The average molecular weight is 401 g/mol. The van der Waals surface area contributed by atoms with Crippen LogP contribution >= 0.6 is 0 Å². The number of hydrogen-bond donors (Lipinski definition) is 0. The number of esters is 1. The van der Waals surface area contributed by atoms with E-state index in [9.17, 15) is 14.4 Å². The Morgan fingerprint density at radius 3 is 2.34 bits per heavy atom. The minimum Gasteiger partial charge on any atom is -0.469 e. The van der Waals surface area contributed by atoms with E-state index in [0.717, 1.165) is 0 Å². The Morgan fingerprint density at radius 1 is 1.14 bits per heavy atom. The third-order valence-corrected chi connectivity index (χ3v) is 4.91. The maximum atomic E-state index is 13.0. The lowest BCUT2D eigenvalue weighted by Crippen LogP contribution is -2.43. The summed E-state index contributed by atoms with van der Waals surface area (Å²) in [6.45, 7) is 6.46. The standard InChI is InChI=1S/C21H27N3O5/c1-21(2,3)29-20(27)23-11-9-14(10-12-23)24-19(26)16-8-6-5-7-15(16)17(22-24)13-18(25)28-4/h5-8,14H,9-13H2,1-4H3. The van der Waals surface area contributed by atoms with Crippen LogP contribution in [0, 0.1) is 0 Å². The van der Waals surface area contributed by atoms with E-state index < -0.39 is 11.6 Å². The van der Waals surface area contributed by atoms with Crippen molar-refractivity contribution in [2.75, 3.05) is 20.2 Å². The van der Waals surface area contributed by atoms with Crippen molar-refractivity contribution in [3.05, 3.63) is 40.3 Å². The van der Waals surface area contributed by atoms with Crippen molar-refractivity contribution in [3.8, 4) is 0 Å². The molecule has 0 aliphatic carbocycles. The van der Waals surface area contributed by atoms with Crippen LogP contribution < -0.4 is 5.56 Å². The second-order valence-electron chi connectivity index (χ2n) is 8.19. The Labute approximate surface area is 169 Å². The van der Waals surface area contributed by atoms with E-state index in [1.165, 1.54) is 11.8 Å². The van der Waals surface area contributed by atoms with E-state index in [4.69, 9.17) is 9.47 Å². The summed E-state index contributed by atoms with van der Waals surface area (Å²) in [5, 5.41) is 5.69. The molecule has 2 aromatic rings. The highest BCUT2D eigenvalue weighted by Gasteiger charge is 2.29. The highest BCUT2D eigenvalue weighted by Crippen LogP contribution is 2.24. The summed E-state index contributed by atoms with van der Waals surface area (Å²) in [6.07, 6.45) is 0.819. The monoisotopic (exact) mass is 401 g/mol. The molecule has 156 valence electrons. The number of fused-ring (bicyclic) bond motifs is 1. The van der Waals surface area contributed by atoms with Crippen molar-refractivity contribution in [2.45, 2.75) is 51.7 Å². The summed E-state index contributed by atoms with van der Waals surface area (Å²) < 4.78 is 11.7. The van der Waals surface area contributed by atoms with Crippen LogP contribution in [0.4, 0.5) is 4.79 Å². The number of carbonyl (C=O) groups is 2. The highest BCUT2D eigenvalue weighted by atomic mass is 16.6. The first-order valence-electron chi connectivity index (χ1n) is 9.75. The van der Waals surface area contributed by atoms with Crippen LogP contribution in [0.5, 0.6) is 0 Å². The van der Waals surface area contributed by atoms with Crippen molar-refractivity contribution in [2.24, 2.45) is 0 Å². The molecule has 0 spiro atoms. The zero-order chi connectivity index (χ0) is 21.2. The fraction of sp³-hybridized carbons (Fsp3) is 0.524. The molecule has 0 radical (unpaired) electrons. The van der Waals surface area contributed by atoms with E-state index in [-0.39, 0.29) is 24.1 Å². The van der Waals surface area contributed by atoms with E-state index in [1.807, 2.05) is 26.8 Å². The molecule has 0 bridgehead atoms. The minimum atomic E-state index is -0.548. The van der Waals surface area contributed by atoms with Gasteiger partial charge in [0.2, 0.25) is 0 Å². The van der Waals surface area contributed by atoms with Gasteiger partial charge in [0.1, 0.15) is 5.60 Å². The summed E-state index contributed by atoms with van der Waals surface area (Å²) in [7, 11) is 1.33. The summed E-state index contributed by atoms with van der Waals surface area (Å²) >= 11 is 0. The topological polar surface area (TPSA) is 90.7 Å². The van der Waals surface area contributed by atoms with Gasteiger partial charge in [-0.3, -0.25) is 9.59 Å². The number of likely N-dealkylation sites (tertiary alicyclic amines) is 1. The second kappa shape index (κ2) is 8.23. The lowest BCUT2D eigenvalue weighted by atomic mass is 10.0. The molecule has 1 aromatic carbocycles. The van der Waals surface area contributed by atoms with Crippen molar-refractivity contribution >= 4 is 22.8 Å². The van der Waals surface area contributed by atoms with E-state index >= 15 is 0 Å². The Bertz CT molecular complexity index is 968. The molecule has 1 fully saturated rings. The van der Waals surface area contributed by atoms with E-state index in [0.29, 0.717) is 42.4 Å². The third kappa shape index (κ3) is 4.75. The number of methoxy groups -OCH3 is 1. The number of hydrogen-bond acceptors (Lipinski definition) is 6.